The zero-order valence-corrected chi connectivity index (χ0v) is 16.8. The molecule has 2 aromatic rings. The molecule has 0 saturated carbocycles. The Morgan fingerprint density at radius 3 is 2.52 bits per heavy atom. The number of amides is 1. The molecule has 27 heavy (non-hydrogen) atoms. The molecule has 2 heterocycles. The van der Waals surface area contributed by atoms with Crippen molar-refractivity contribution in [1.29, 1.82) is 0 Å². The molecule has 0 N–H and O–H groups in total. The molecule has 0 aliphatic carbocycles. The molecule has 0 aromatic heterocycles. The number of esters is 1. The summed E-state index contributed by atoms with van der Waals surface area (Å²) in [6, 6.07) is 19.4. The van der Waals surface area contributed by atoms with Crippen LogP contribution in [0.4, 0.5) is 0 Å². The number of rotatable bonds is 5. The molecule has 6 heteroatoms. The molecule has 1 amide bonds. The Morgan fingerprint density at radius 2 is 1.85 bits per heavy atom. The molecule has 2 aliphatic rings. The number of carbonyl (C=O) groups is 2. The first-order chi connectivity index (χ1) is 13.2. The van der Waals surface area contributed by atoms with Gasteiger partial charge >= 0.3 is 165 Å². The standard InChI is InChI=1S/C21H21NO4Se/c1-2-25-20(24)21(27-17-11-7-4-8-12-17)13-16-14-26-18(22(16)19(21)23)15-9-5-3-6-10-15/h3-12,16,18H,2,13-14H2,1H3/t16-,18+,21-/m0/s1. The molecule has 2 fully saturated rings. The van der Waals surface area contributed by atoms with E-state index < -0.39 is 16.5 Å². The fourth-order valence-electron chi connectivity index (χ4n) is 3.72. The Kier molecular flexibility index (Phi) is 5.04. The third-order valence-electron chi connectivity index (χ3n) is 4.92. The molecule has 5 nitrogen and oxygen atoms in total. The van der Waals surface area contributed by atoms with E-state index in [1.165, 1.54) is 0 Å². The quantitative estimate of drug-likeness (QED) is 0.414. The number of benzene rings is 2. The fourth-order valence-corrected chi connectivity index (χ4v) is 6.46. The summed E-state index contributed by atoms with van der Waals surface area (Å²) in [5.74, 6) is -0.568. The molecule has 0 bridgehead atoms. The van der Waals surface area contributed by atoms with Crippen LogP contribution in [0.15, 0.2) is 60.7 Å². The first-order valence-corrected chi connectivity index (χ1v) is 10.8. The average molecular weight is 430 g/mol. The monoisotopic (exact) mass is 431 g/mol. The van der Waals surface area contributed by atoms with Gasteiger partial charge in [0, 0.05) is 0 Å². The first kappa shape index (κ1) is 18.2. The van der Waals surface area contributed by atoms with E-state index in [1.807, 2.05) is 60.7 Å². The van der Waals surface area contributed by atoms with Gasteiger partial charge in [0.05, 0.1) is 0 Å². The number of hydrogen-bond donors (Lipinski definition) is 0. The van der Waals surface area contributed by atoms with Gasteiger partial charge in [-0.15, -0.1) is 0 Å². The van der Waals surface area contributed by atoms with E-state index in [0.717, 1.165) is 10.0 Å². The minimum absolute atomic E-state index is 0.0994. The summed E-state index contributed by atoms with van der Waals surface area (Å²) in [5.41, 5.74) is 0.931. The van der Waals surface area contributed by atoms with Gasteiger partial charge in [-0.1, -0.05) is 0 Å². The van der Waals surface area contributed by atoms with E-state index in [9.17, 15) is 9.59 Å². The molecule has 0 unspecified atom stereocenters. The predicted molar refractivity (Wildman–Crippen MR) is 102 cm³/mol. The number of fused-ring (bicyclic) bond motifs is 1. The van der Waals surface area contributed by atoms with Crippen molar-refractivity contribution in [3.63, 3.8) is 0 Å². The molecule has 0 radical (unpaired) electrons. The second kappa shape index (κ2) is 7.47. The van der Waals surface area contributed by atoms with Crippen LogP contribution in [-0.4, -0.2) is 51.0 Å². The van der Waals surface area contributed by atoms with Crippen LogP contribution in [0.3, 0.4) is 0 Å². The van der Waals surface area contributed by atoms with E-state index in [-0.39, 0.29) is 33.5 Å². The molecule has 140 valence electrons. The maximum atomic E-state index is 13.6. The third kappa shape index (κ3) is 3.18. The van der Waals surface area contributed by atoms with Gasteiger partial charge in [-0.25, -0.2) is 0 Å². The zero-order valence-electron chi connectivity index (χ0n) is 15.0. The van der Waals surface area contributed by atoms with Crippen molar-refractivity contribution >= 4 is 31.3 Å². The van der Waals surface area contributed by atoms with Crippen molar-refractivity contribution in [2.75, 3.05) is 13.2 Å². The van der Waals surface area contributed by atoms with Crippen molar-refractivity contribution in [2.24, 2.45) is 0 Å². The van der Waals surface area contributed by atoms with Gasteiger partial charge in [-0.05, 0) is 0 Å². The van der Waals surface area contributed by atoms with Crippen LogP contribution >= 0.6 is 0 Å². The Labute approximate surface area is 164 Å². The van der Waals surface area contributed by atoms with Gasteiger partial charge < -0.3 is 0 Å². The molecule has 2 aromatic carbocycles. The number of hydrogen-bond acceptors (Lipinski definition) is 4. The Hall–Kier alpha value is -2.14. The van der Waals surface area contributed by atoms with Crippen molar-refractivity contribution in [3.8, 4) is 0 Å². The van der Waals surface area contributed by atoms with Crippen LogP contribution in [0.2, 0.25) is 4.31 Å². The molecule has 2 saturated heterocycles. The number of nitrogens with zero attached hydrogens (tertiary/aromatic N) is 1. The van der Waals surface area contributed by atoms with Gasteiger partial charge in [0.15, 0.2) is 0 Å². The van der Waals surface area contributed by atoms with Crippen LogP contribution in [0.1, 0.15) is 25.1 Å². The molecular formula is C21H21NO4Se. The van der Waals surface area contributed by atoms with Crippen LogP contribution in [0.5, 0.6) is 0 Å². The SMILES string of the molecule is CCOC(=O)[C@]1([Se]c2ccccc2)C[C@H]2CO[C@H](c3ccccc3)N2C1=O. The maximum absolute atomic E-state index is 13.6. The molecule has 3 atom stereocenters. The molecule has 4 rings (SSSR count). The topological polar surface area (TPSA) is 55.8 Å². The van der Waals surface area contributed by atoms with Crippen LogP contribution < -0.4 is 4.46 Å². The van der Waals surface area contributed by atoms with Gasteiger partial charge in [0.25, 0.3) is 0 Å². The van der Waals surface area contributed by atoms with Gasteiger partial charge in [0.1, 0.15) is 0 Å². The Bertz CT molecular complexity index is 829. The average Bonchev–Trinajstić information content (AvgIpc) is 3.22. The van der Waals surface area contributed by atoms with Crippen LogP contribution in [0, 0.1) is 0 Å². The molecule has 2 aliphatic heterocycles. The first-order valence-electron chi connectivity index (χ1n) is 9.06. The van der Waals surface area contributed by atoms with Crippen molar-refractivity contribution in [3.05, 3.63) is 66.2 Å². The molecule has 0 spiro atoms. The molecular weight excluding hydrogens is 409 g/mol. The summed E-state index contributed by atoms with van der Waals surface area (Å²) in [6.45, 7) is 2.48. The Balaban J connectivity index is 1.69. The van der Waals surface area contributed by atoms with Crippen molar-refractivity contribution < 1.29 is 19.1 Å². The van der Waals surface area contributed by atoms with E-state index in [2.05, 4.69) is 0 Å². The van der Waals surface area contributed by atoms with Gasteiger partial charge in [-0.3, -0.25) is 0 Å². The zero-order chi connectivity index (χ0) is 18.9. The number of carbonyl (C=O) groups excluding carboxylic acids is 2. The summed E-state index contributed by atoms with van der Waals surface area (Å²) in [5, 5.41) is 0. The summed E-state index contributed by atoms with van der Waals surface area (Å²) < 4.78 is 11.2. The van der Waals surface area contributed by atoms with Gasteiger partial charge in [0.2, 0.25) is 0 Å². The van der Waals surface area contributed by atoms with E-state index in [4.69, 9.17) is 9.47 Å². The minimum atomic E-state index is -1.12. The van der Waals surface area contributed by atoms with Crippen LogP contribution in [-0.2, 0) is 19.1 Å². The summed E-state index contributed by atoms with van der Waals surface area (Å²) in [4.78, 5) is 28.3. The van der Waals surface area contributed by atoms with E-state index >= 15 is 0 Å². The van der Waals surface area contributed by atoms with Crippen molar-refractivity contribution in [1.82, 2.24) is 4.90 Å². The van der Waals surface area contributed by atoms with Crippen molar-refractivity contribution in [2.45, 2.75) is 29.9 Å². The summed E-state index contributed by atoms with van der Waals surface area (Å²) in [7, 11) is 0. The van der Waals surface area contributed by atoms with Gasteiger partial charge in [-0.2, -0.15) is 0 Å². The third-order valence-corrected chi connectivity index (χ3v) is 7.78. The van der Waals surface area contributed by atoms with E-state index in [0.29, 0.717) is 13.0 Å². The summed E-state index contributed by atoms with van der Waals surface area (Å²) >= 11 is -0.358. The summed E-state index contributed by atoms with van der Waals surface area (Å²) in [6.07, 6.45) is 0.00896. The second-order valence-electron chi connectivity index (χ2n) is 6.63. The van der Waals surface area contributed by atoms with E-state index in [1.54, 1.807) is 11.8 Å². The Morgan fingerprint density at radius 1 is 1.19 bits per heavy atom. The fraction of sp³-hybridized carbons (Fsp3) is 0.333. The van der Waals surface area contributed by atoms with Crippen LogP contribution in [0.25, 0.3) is 0 Å². The predicted octanol–water partition coefficient (Wildman–Crippen LogP) is 2.07. The number of ether oxygens (including phenoxy) is 2. The normalized spacial score (nSPS) is 26.9. The second-order valence-corrected chi connectivity index (χ2v) is 9.51.